The van der Waals surface area contributed by atoms with Gasteiger partial charge in [0.15, 0.2) is 11.3 Å². The third-order valence-electron chi connectivity index (χ3n) is 4.49. The van der Waals surface area contributed by atoms with E-state index >= 15 is 0 Å². The lowest BCUT2D eigenvalue weighted by atomic mass is 9.98. The Labute approximate surface area is 131 Å². The molecule has 0 N–H and O–H groups in total. The van der Waals surface area contributed by atoms with Gasteiger partial charge in [0.25, 0.3) is 0 Å². The minimum absolute atomic E-state index is 0.0594. The Kier molecular flexibility index (Phi) is 4.01. The molecule has 0 aromatic heterocycles. The molecule has 9 heteroatoms. The Morgan fingerprint density at radius 3 is 1.92 bits per heavy atom. The zero-order valence-corrected chi connectivity index (χ0v) is 12.1. The number of rotatable bonds is 3. The standard InChI is InChI=1S/C15H11F9/c1-11(15(22,23)24)12(17,7-9-5-3-2-4-6-9)13(11,18)8-10(16)14(19,20)21/h2-6,8H,7H2,1H3. The molecule has 24 heavy (non-hydrogen) atoms. The van der Waals surface area contributed by atoms with Gasteiger partial charge >= 0.3 is 12.4 Å². The van der Waals surface area contributed by atoms with Crippen LogP contribution >= 0.6 is 0 Å². The number of allylic oxidation sites excluding steroid dienone is 2. The molecular weight excluding hydrogens is 351 g/mol. The predicted octanol–water partition coefficient (Wildman–Crippen LogP) is 5.64. The molecule has 0 heterocycles. The molecule has 3 atom stereocenters. The van der Waals surface area contributed by atoms with E-state index < -0.39 is 47.4 Å². The van der Waals surface area contributed by atoms with Crippen LogP contribution in [0.1, 0.15) is 12.5 Å². The van der Waals surface area contributed by atoms with Crippen LogP contribution in [0.4, 0.5) is 39.5 Å². The molecule has 1 aromatic rings. The first-order chi connectivity index (χ1) is 10.7. The van der Waals surface area contributed by atoms with Crippen molar-refractivity contribution in [3.05, 3.63) is 47.8 Å². The lowest BCUT2D eigenvalue weighted by Gasteiger charge is -2.17. The van der Waals surface area contributed by atoms with E-state index in [1.165, 1.54) is 30.3 Å². The second-order valence-corrected chi connectivity index (χ2v) is 5.79. The van der Waals surface area contributed by atoms with Crippen molar-refractivity contribution in [1.82, 2.24) is 0 Å². The smallest absolute Gasteiger partial charge is 0.238 e. The van der Waals surface area contributed by atoms with E-state index in [0.29, 0.717) is 0 Å². The number of hydrogen-bond acceptors (Lipinski definition) is 0. The van der Waals surface area contributed by atoms with E-state index in [0.717, 1.165) is 0 Å². The number of halogens is 9. The second kappa shape index (κ2) is 5.16. The van der Waals surface area contributed by atoms with Crippen LogP contribution in [0.3, 0.4) is 0 Å². The highest BCUT2D eigenvalue weighted by Crippen LogP contribution is 2.78. The van der Waals surface area contributed by atoms with Crippen molar-refractivity contribution in [2.45, 2.75) is 37.0 Å². The minimum atomic E-state index is -5.71. The van der Waals surface area contributed by atoms with Crippen molar-refractivity contribution in [2.75, 3.05) is 0 Å². The Morgan fingerprint density at radius 1 is 1.00 bits per heavy atom. The fourth-order valence-corrected chi connectivity index (χ4v) is 2.86. The molecular formula is C15H11F9. The molecule has 1 saturated carbocycles. The first kappa shape index (κ1) is 18.7. The first-order valence-electron chi connectivity index (χ1n) is 6.65. The minimum Gasteiger partial charge on any atom is -0.238 e. The summed E-state index contributed by atoms with van der Waals surface area (Å²) in [4.78, 5) is 0. The van der Waals surface area contributed by atoms with Gasteiger partial charge in [-0.15, -0.1) is 0 Å². The van der Waals surface area contributed by atoms with Gasteiger partial charge in [-0.25, -0.2) is 13.2 Å². The van der Waals surface area contributed by atoms with Gasteiger partial charge in [-0.2, -0.15) is 26.3 Å². The van der Waals surface area contributed by atoms with Crippen LogP contribution in [0.25, 0.3) is 0 Å². The summed E-state index contributed by atoms with van der Waals surface area (Å²) in [5.74, 6) is -3.10. The van der Waals surface area contributed by atoms with E-state index in [1.54, 1.807) is 0 Å². The highest BCUT2D eigenvalue weighted by atomic mass is 19.4. The van der Waals surface area contributed by atoms with Gasteiger partial charge < -0.3 is 0 Å². The molecule has 0 aliphatic heterocycles. The van der Waals surface area contributed by atoms with E-state index in [1.807, 2.05) is 0 Å². The SMILES string of the molecule is CC1(C(F)(F)F)C(F)(C=C(F)C(F)(F)F)C1(F)Cc1ccccc1. The Hall–Kier alpha value is -1.67. The van der Waals surface area contributed by atoms with Gasteiger partial charge in [0.2, 0.25) is 5.83 Å². The third kappa shape index (κ3) is 2.39. The fourth-order valence-electron chi connectivity index (χ4n) is 2.86. The zero-order chi connectivity index (χ0) is 18.6. The highest BCUT2D eigenvalue weighted by Gasteiger charge is 2.96. The molecule has 0 bridgehead atoms. The molecule has 0 saturated heterocycles. The van der Waals surface area contributed by atoms with Crippen LogP contribution in [0.5, 0.6) is 0 Å². The lowest BCUT2D eigenvalue weighted by molar-refractivity contribution is -0.200. The van der Waals surface area contributed by atoms with Crippen LogP contribution in [0.2, 0.25) is 0 Å². The molecule has 0 spiro atoms. The summed E-state index contributed by atoms with van der Waals surface area (Å²) < 4.78 is 119. The molecule has 0 nitrogen and oxygen atoms in total. The summed E-state index contributed by atoms with van der Waals surface area (Å²) in [6.07, 6.45) is -13.3. The second-order valence-electron chi connectivity index (χ2n) is 5.79. The monoisotopic (exact) mass is 362 g/mol. The van der Waals surface area contributed by atoms with E-state index in [9.17, 15) is 39.5 Å². The normalized spacial score (nSPS) is 34.3. The van der Waals surface area contributed by atoms with E-state index in [-0.39, 0.29) is 12.5 Å². The zero-order valence-electron chi connectivity index (χ0n) is 12.1. The third-order valence-corrected chi connectivity index (χ3v) is 4.49. The van der Waals surface area contributed by atoms with Crippen LogP contribution in [-0.4, -0.2) is 23.7 Å². The molecule has 3 unspecified atom stereocenters. The van der Waals surface area contributed by atoms with Crippen molar-refractivity contribution in [3.63, 3.8) is 0 Å². The van der Waals surface area contributed by atoms with E-state index in [4.69, 9.17) is 0 Å². The largest absolute Gasteiger partial charge is 0.442 e. The van der Waals surface area contributed by atoms with Gasteiger partial charge in [-0.3, -0.25) is 0 Å². The van der Waals surface area contributed by atoms with Crippen LogP contribution in [0, 0.1) is 5.41 Å². The Bertz CT molecular complexity index is 645. The maximum Gasteiger partial charge on any atom is 0.442 e. The Balaban J connectivity index is 2.52. The van der Waals surface area contributed by atoms with Crippen LogP contribution < -0.4 is 0 Å². The topological polar surface area (TPSA) is 0 Å². The molecule has 1 aromatic carbocycles. The van der Waals surface area contributed by atoms with E-state index in [2.05, 4.69) is 0 Å². The number of hydrogen-bond donors (Lipinski definition) is 0. The fraction of sp³-hybridized carbons (Fsp3) is 0.467. The van der Waals surface area contributed by atoms with Crippen molar-refractivity contribution in [1.29, 1.82) is 0 Å². The highest BCUT2D eigenvalue weighted by molar-refractivity contribution is 5.46. The van der Waals surface area contributed by atoms with Crippen LogP contribution in [-0.2, 0) is 6.42 Å². The summed E-state index contributed by atoms with van der Waals surface area (Å²) in [6, 6.07) is 6.55. The maximum atomic E-state index is 14.9. The maximum absolute atomic E-state index is 14.9. The number of alkyl halides is 8. The molecule has 134 valence electrons. The summed E-state index contributed by atoms with van der Waals surface area (Å²) in [5.41, 5.74) is -11.8. The molecule has 1 aliphatic carbocycles. The van der Waals surface area contributed by atoms with Gasteiger partial charge in [0.05, 0.1) is 0 Å². The quantitative estimate of drug-likeness (QED) is 0.610. The van der Waals surface area contributed by atoms with Crippen molar-refractivity contribution < 1.29 is 39.5 Å². The Morgan fingerprint density at radius 2 is 1.50 bits per heavy atom. The lowest BCUT2D eigenvalue weighted by Crippen LogP contribution is -2.31. The van der Waals surface area contributed by atoms with Crippen LogP contribution in [0.15, 0.2) is 42.2 Å². The van der Waals surface area contributed by atoms with Crippen molar-refractivity contribution >= 4 is 0 Å². The average Bonchev–Trinajstić information content (AvgIpc) is 2.80. The molecule has 1 fully saturated rings. The van der Waals surface area contributed by atoms with Gasteiger partial charge in [0.1, 0.15) is 5.41 Å². The summed E-state index contributed by atoms with van der Waals surface area (Å²) >= 11 is 0. The van der Waals surface area contributed by atoms with Gasteiger partial charge in [-0.05, 0) is 18.6 Å². The summed E-state index contributed by atoms with van der Waals surface area (Å²) in [6.45, 7) is 0.107. The molecule has 0 amide bonds. The first-order valence-corrected chi connectivity index (χ1v) is 6.65. The van der Waals surface area contributed by atoms with Gasteiger partial charge in [0, 0.05) is 6.42 Å². The van der Waals surface area contributed by atoms with Gasteiger partial charge in [-0.1, -0.05) is 30.3 Å². The van der Waals surface area contributed by atoms with Crippen molar-refractivity contribution in [2.24, 2.45) is 5.41 Å². The molecule has 1 aliphatic rings. The summed E-state index contributed by atoms with van der Waals surface area (Å²) in [5, 5.41) is 0. The predicted molar refractivity (Wildman–Crippen MR) is 67.2 cm³/mol. The van der Waals surface area contributed by atoms with Crippen molar-refractivity contribution in [3.8, 4) is 0 Å². The summed E-state index contributed by atoms with van der Waals surface area (Å²) in [7, 11) is 0. The molecule has 0 radical (unpaired) electrons. The average molecular weight is 362 g/mol. The number of benzene rings is 1. The molecule has 2 rings (SSSR count).